The molecule has 1 saturated carbocycles. The van der Waals surface area contributed by atoms with Crippen molar-refractivity contribution in [3.63, 3.8) is 0 Å². The van der Waals surface area contributed by atoms with Gasteiger partial charge in [-0.15, -0.1) is 0 Å². The first-order valence-electron chi connectivity index (χ1n) is 9.06. The number of carboxylic acids is 1. The van der Waals surface area contributed by atoms with Crippen molar-refractivity contribution < 1.29 is 19.5 Å². The first-order valence-corrected chi connectivity index (χ1v) is 9.06. The number of benzene rings is 1. The summed E-state index contributed by atoms with van der Waals surface area (Å²) >= 11 is 0. The van der Waals surface area contributed by atoms with Crippen LogP contribution in [-0.2, 0) is 4.79 Å². The number of anilines is 1. The Kier molecular flexibility index (Phi) is 6.60. The van der Waals surface area contributed by atoms with E-state index in [1.807, 2.05) is 13.8 Å². The Balaban J connectivity index is 2.04. The van der Waals surface area contributed by atoms with Gasteiger partial charge in [-0.3, -0.25) is 4.79 Å². The average Bonchev–Trinajstić information content (AvgIpc) is 2.81. The van der Waals surface area contributed by atoms with Crippen LogP contribution in [0.25, 0.3) is 0 Å². The molecule has 1 aromatic carbocycles. The lowest BCUT2D eigenvalue weighted by Gasteiger charge is -2.29. The Morgan fingerprint density at radius 3 is 2.08 bits per heavy atom. The molecule has 0 radical (unpaired) electrons. The molecule has 1 aliphatic carbocycles. The molecule has 0 unspecified atom stereocenters. The molecule has 0 heterocycles. The number of carbonyl (C=O) groups is 3. The van der Waals surface area contributed by atoms with Gasteiger partial charge in [0.05, 0.1) is 0 Å². The Labute approximate surface area is 153 Å². The third-order valence-corrected chi connectivity index (χ3v) is 4.54. The highest BCUT2D eigenvalue weighted by Gasteiger charge is 2.40. The lowest BCUT2D eigenvalue weighted by molar-refractivity contribution is -0.145. The third kappa shape index (κ3) is 5.21. The van der Waals surface area contributed by atoms with Crippen molar-refractivity contribution in [2.24, 2.45) is 0 Å². The maximum atomic E-state index is 12.5. The van der Waals surface area contributed by atoms with E-state index in [2.05, 4.69) is 16.0 Å². The number of aliphatic carboxylic acids is 1. The molecule has 1 aliphatic rings. The quantitative estimate of drug-likeness (QED) is 0.604. The third-order valence-electron chi connectivity index (χ3n) is 4.54. The van der Waals surface area contributed by atoms with E-state index in [0.717, 1.165) is 25.7 Å². The summed E-state index contributed by atoms with van der Waals surface area (Å²) in [6.07, 6.45) is 4.46. The molecule has 0 spiro atoms. The van der Waals surface area contributed by atoms with Gasteiger partial charge in [0.25, 0.3) is 5.91 Å². The van der Waals surface area contributed by atoms with Crippen molar-refractivity contribution >= 4 is 23.6 Å². The number of amides is 3. The van der Waals surface area contributed by atoms with Gasteiger partial charge in [0, 0.05) is 17.3 Å². The van der Waals surface area contributed by atoms with E-state index < -0.39 is 17.4 Å². The fourth-order valence-electron chi connectivity index (χ4n) is 3.15. The lowest BCUT2D eigenvalue weighted by atomic mass is 9.90. The molecule has 7 nitrogen and oxygen atoms in total. The van der Waals surface area contributed by atoms with Gasteiger partial charge in [0.1, 0.15) is 5.54 Å². The molecule has 2 rings (SSSR count). The van der Waals surface area contributed by atoms with Crippen LogP contribution >= 0.6 is 0 Å². The minimum Gasteiger partial charge on any atom is -0.480 e. The molecule has 3 amide bonds. The predicted molar refractivity (Wildman–Crippen MR) is 99.3 cm³/mol. The van der Waals surface area contributed by atoms with E-state index in [9.17, 15) is 19.5 Å². The summed E-state index contributed by atoms with van der Waals surface area (Å²) in [5, 5.41) is 17.8. The van der Waals surface area contributed by atoms with Gasteiger partial charge in [-0.2, -0.15) is 0 Å². The summed E-state index contributed by atoms with van der Waals surface area (Å²) in [5.74, 6) is -1.39. The summed E-state index contributed by atoms with van der Waals surface area (Å²) in [4.78, 5) is 36.0. The summed E-state index contributed by atoms with van der Waals surface area (Å²) < 4.78 is 0. The molecule has 0 saturated heterocycles. The highest BCUT2D eigenvalue weighted by atomic mass is 16.4. The van der Waals surface area contributed by atoms with Crippen molar-refractivity contribution in [2.75, 3.05) is 5.32 Å². The first-order chi connectivity index (χ1) is 12.3. The Bertz CT molecular complexity index is 647. The number of nitrogens with one attached hydrogen (secondary N) is 3. The van der Waals surface area contributed by atoms with E-state index in [1.54, 1.807) is 24.3 Å². The number of carboxylic acid groups (broad SMARTS) is 1. The zero-order valence-corrected chi connectivity index (χ0v) is 15.3. The molecule has 0 aromatic heterocycles. The molecular formula is C19H27N3O4. The summed E-state index contributed by atoms with van der Waals surface area (Å²) in [7, 11) is 0. The van der Waals surface area contributed by atoms with Crippen LogP contribution in [0.1, 0.15) is 62.7 Å². The zero-order valence-electron chi connectivity index (χ0n) is 15.3. The lowest BCUT2D eigenvalue weighted by Crippen LogP contribution is -2.54. The van der Waals surface area contributed by atoms with Gasteiger partial charge >= 0.3 is 12.0 Å². The SMILES string of the molecule is CC(C)NC(=O)Nc1ccc(C(=O)NC2(C(=O)O)CCCCCC2)cc1. The van der Waals surface area contributed by atoms with Crippen molar-refractivity contribution in [3.05, 3.63) is 29.8 Å². The molecule has 1 fully saturated rings. The monoisotopic (exact) mass is 361 g/mol. The highest BCUT2D eigenvalue weighted by Crippen LogP contribution is 2.28. The van der Waals surface area contributed by atoms with Crippen LogP contribution in [0, 0.1) is 0 Å². The van der Waals surface area contributed by atoms with Crippen LogP contribution in [-0.4, -0.2) is 34.6 Å². The van der Waals surface area contributed by atoms with Crippen molar-refractivity contribution in [2.45, 2.75) is 64.0 Å². The van der Waals surface area contributed by atoms with E-state index in [1.165, 1.54) is 0 Å². The fraction of sp³-hybridized carbons (Fsp3) is 0.526. The maximum absolute atomic E-state index is 12.5. The normalized spacial score (nSPS) is 16.4. The van der Waals surface area contributed by atoms with Gasteiger partial charge in [-0.25, -0.2) is 9.59 Å². The van der Waals surface area contributed by atoms with Crippen LogP contribution in [0.5, 0.6) is 0 Å². The van der Waals surface area contributed by atoms with Crippen molar-refractivity contribution in [1.82, 2.24) is 10.6 Å². The molecule has 0 aliphatic heterocycles. The number of urea groups is 1. The van der Waals surface area contributed by atoms with Gasteiger partial charge in [-0.05, 0) is 51.0 Å². The fourth-order valence-corrected chi connectivity index (χ4v) is 3.15. The van der Waals surface area contributed by atoms with E-state index in [0.29, 0.717) is 24.1 Å². The Hall–Kier alpha value is -2.57. The minimum absolute atomic E-state index is 0.0202. The summed E-state index contributed by atoms with van der Waals surface area (Å²) in [5.41, 5.74) is -0.270. The second-order valence-electron chi connectivity index (χ2n) is 7.09. The van der Waals surface area contributed by atoms with Crippen molar-refractivity contribution in [3.8, 4) is 0 Å². The smallest absolute Gasteiger partial charge is 0.329 e. The standard InChI is InChI=1S/C19H27N3O4/c1-13(2)20-18(26)21-15-9-7-14(8-10-15)16(23)22-19(17(24)25)11-5-3-4-6-12-19/h7-10,13H,3-6,11-12H2,1-2H3,(H,22,23)(H,24,25)(H2,20,21,26). The maximum Gasteiger partial charge on any atom is 0.329 e. The van der Waals surface area contributed by atoms with Crippen LogP contribution in [0.2, 0.25) is 0 Å². The average molecular weight is 361 g/mol. The molecule has 1 aromatic rings. The Morgan fingerprint density at radius 2 is 1.58 bits per heavy atom. The molecular weight excluding hydrogens is 334 g/mol. The number of hydrogen-bond acceptors (Lipinski definition) is 3. The molecule has 0 atom stereocenters. The highest BCUT2D eigenvalue weighted by molar-refractivity contribution is 5.98. The second-order valence-corrected chi connectivity index (χ2v) is 7.09. The predicted octanol–water partition coefficient (Wildman–Crippen LogP) is 3.12. The topological polar surface area (TPSA) is 108 Å². The van der Waals surface area contributed by atoms with Crippen LogP contribution in [0.3, 0.4) is 0 Å². The second kappa shape index (κ2) is 8.69. The molecule has 26 heavy (non-hydrogen) atoms. The number of rotatable bonds is 5. The minimum atomic E-state index is -1.19. The van der Waals surface area contributed by atoms with Gasteiger partial charge < -0.3 is 21.1 Å². The molecule has 0 bridgehead atoms. The number of carbonyl (C=O) groups excluding carboxylic acids is 2. The Morgan fingerprint density at radius 1 is 1.00 bits per heavy atom. The van der Waals surface area contributed by atoms with Gasteiger partial charge in [0.15, 0.2) is 0 Å². The van der Waals surface area contributed by atoms with E-state index >= 15 is 0 Å². The zero-order chi connectivity index (χ0) is 19.2. The van der Waals surface area contributed by atoms with Gasteiger partial charge in [0.2, 0.25) is 0 Å². The van der Waals surface area contributed by atoms with E-state index in [-0.39, 0.29) is 12.1 Å². The van der Waals surface area contributed by atoms with Crippen molar-refractivity contribution in [1.29, 1.82) is 0 Å². The molecule has 4 N–H and O–H groups in total. The van der Waals surface area contributed by atoms with E-state index in [4.69, 9.17) is 0 Å². The molecule has 142 valence electrons. The van der Waals surface area contributed by atoms with Gasteiger partial charge in [-0.1, -0.05) is 25.7 Å². The largest absolute Gasteiger partial charge is 0.480 e. The summed E-state index contributed by atoms with van der Waals surface area (Å²) in [6, 6.07) is 6.09. The molecule has 7 heteroatoms. The summed E-state index contributed by atoms with van der Waals surface area (Å²) in [6.45, 7) is 3.72. The van der Waals surface area contributed by atoms with Crippen LogP contribution in [0.15, 0.2) is 24.3 Å². The first kappa shape index (κ1) is 19.8. The van der Waals surface area contributed by atoms with Crippen LogP contribution in [0.4, 0.5) is 10.5 Å². The van der Waals surface area contributed by atoms with Crippen LogP contribution < -0.4 is 16.0 Å². The number of hydrogen-bond donors (Lipinski definition) is 4.